The predicted molar refractivity (Wildman–Crippen MR) is 80.4 cm³/mol. The Morgan fingerprint density at radius 3 is 2.55 bits per heavy atom. The Balaban J connectivity index is 2.40. The van der Waals surface area contributed by atoms with E-state index in [1.165, 1.54) is 19.1 Å². The standard InChI is InChI=1S/C12H14ClNO6S2/c1-12(4-5-21(17,18)7-12)14-22(19,20)10-6-8(11(15)16)2-3-9(10)13/h2-3,6,14H,4-5,7H2,1H3,(H,15,16)/t12-/m1/s1. The Bertz CT molecular complexity index is 833. The van der Waals surface area contributed by atoms with Crippen LogP contribution in [0.15, 0.2) is 23.1 Å². The van der Waals surface area contributed by atoms with Crippen LogP contribution in [0.25, 0.3) is 0 Å². The van der Waals surface area contributed by atoms with Gasteiger partial charge in [-0.05, 0) is 31.5 Å². The summed E-state index contributed by atoms with van der Waals surface area (Å²) < 4.78 is 50.2. The maximum atomic E-state index is 12.4. The molecule has 2 rings (SSSR count). The normalized spacial score (nSPS) is 24.3. The highest BCUT2D eigenvalue weighted by atomic mass is 35.5. The maximum Gasteiger partial charge on any atom is 0.335 e. The highest BCUT2D eigenvalue weighted by molar-refractivity contribution is 7.92. The van der Waals surface area contributed by atoms with Crippen LogP contribution < -0.4 is 4.72 Å². The molecule has 0 bridgehead atoms. The number of hydrogen-bond donors (Lipinski definition) is 2. The number of nitrogens with one attached hydrogen (secondary N) is 1. The summed E-state index contributed by atoms with van der Waals surface area (Å²) in [5.41, 5.74) is -1.37. The van der Waals surface area contributed by atoms with Crippen molar-refractivity contribution < 1.29 is 26.7 Å². The van der Waals surface area contributed by atoms with Crippen LogP contribution in [0.4, 0.5) is 0 Å². The number of benzene rings is 1. The van der Waals surface area contributed by atoms with Gasteiger partial charge in [-0.25, -0.2) is 26.4 Å². The minimum Gasteiger partial charge on any atom is -0.478 e. The summed E-state index contributed by atoms with van der Waals surface area (Å²) in [5, 5.41) is 8.79. The van der Waals surface area contributed by atoms with Crippen LogP contribution in [-0.4, -0.2) is 45.0 Å². The summed E-state index contributed by atoms with van der Waals surface area (Å²) >= 11 is 5.84. The highest BCUT2D eigenvalue weighted by Gasteiger charge is 2.41. The molecule has 1 saturated heterocycles. The SMILES string of the molecule is C[C@@]1(NS(=O)(=O)c2cc(C(=O)O)ccc2Cl)CCS(=O)(=O)C1. The third kappa shape index (κ3) is 3.60. The first-order valence-electron chi connectivity index (χ1n) is 6.21. The summed E-state index contributed by atoms with van der Waals surface area (Å²) in [6, 6.07) is 3.30. The minimum absolute atomic E-state index is 0.102. The summed E-state index contributed by atoms with van der Waals surface area (Å²) in [4.78, 5) is 10.6. The number of sulfonamides is 1. The quantitative estimate of drug-likeness (QED) is 0.816. The second-order valence-electron chi connectivity index (χ2n) is 5.46. The molecule has 0 unspecified atom stereocenters. The zero-order chi connectivity index (χ0) is 16.8. The Hall–Kier alpha value is -1.16. The number of carboxylic acids is 1. The molecule has 1 atom stereocenters. The first-order chi connectivity index (χ1) is 9.94. The van der Waals surface area contributed by atoms with Crippen molar-refractivity contribution in [1.82, 2.24) is 4.72 Å². The van der Waals surface area contributed by atoms with Gasteiger partial charge in [-0.15, -0.1) is 0 Å². The lowest BCUT2D eigenvalue weighted by Crippen LogP contribution is -2.46. The Labute approximate surface area is 133 Å². The number of sulfone groups is 1. The molecule has 1 aliphatic rings. The average Bonchev–Trinajstić information content (AvgIpc) is 2.62. The van der Waals surface area contributed by atoms with Crippen molar-refractivity contribution in [3.63, 3.8) is 0 Å². The molecule has 0 spiro atoms. The molecule has 1 aromatic carbocycles. The summed E-state index contributed by atoms with van der Waals surface area (Å²) in [6.45, 7) is 1.49. The van der Waals surface area contributed by atoms with Gasteiger partial charge < -0.3 is 5.11 Å². The van der Waals surface area contributed by atoms with Crippen molar-refractivity contribution in [3.8, 4) is 0 Å². The molecule has 22 heavy (non-hydrogen) atoms. The molecule has 1 aliphatic heterocycles. The summed E-state index contributed by atoms with van der Waals surface area (Å²) in [7, 11) is -7.44. The van der Waals surface area contributed by atoms with Crippen LogP contribution in [0.1, 0.15) is 23.7 Å². The molecule has 0 aromatic heterocycles. The lowest BCUT2D eigenvalue weighted by molar-refractivity contribution is 0.0696. The fraction of sp³-hybridized carbons (Fsp3) is 0.417. The van der Waals surface area contributed by atoms with Crippen molar-refractivity contribution in [2.24, 2.45) is 0 Å². The fourth-order valence-electron chi connectivity index (χ4n) is 2.31. The van der Waals surface area contributed by atoms with Crippen LogP contribution >= 0.6 is 11.6 Å². The van der Waals surface area contributed by atoms with Gasteiger partial charge in [-0.2, -0.15) is 0 Å². The number of rotatable bonds is 4. The summed E-state index contributed by atoms with van der Waals surface area (Å²) in [6.07, 6.45) is 0.144. The fourth-order valence-corrected chi connectivity index (χ4v) is 6.46. The molecule has 0 radical (unpaired) electrons. The molecule has 2 N–H and O–H groups in total. The van der Waals surface area contributed by atoms with E-state index >= 15 is 0 Å². The molecule has 1 fully saturated rings. The van der Waals surface area contributed by atoms with Crippen LogP contribution in [0.3, 0.4) is 0 Å². The van der Waals surface area contributed by atoms with Crippen molar-refractivity contribution in [3.05, 3.63) is 28.8 Å². The number of aromatic carboxylic acids is 1. The van der Waals surface area contributed by atoms with E-state index in [0.717, 1.165) is 6.07 Å². The minimum atomic E-state index is -4.15. The Morgan fingerprint density at radius 1 is 1.41 bits per heavy atom. The third-order valence-electron chi connectivity index (χ3n) is 3.35. The molecule has 122 valence electrons. The molecular weight excluding hydrogens is 354 g/mol. The molecule has 7 nitrogen and oxygen atoms in total. The molecule has 10 heteroatoms. The van der Waals surface area contributed by atoms with Gasteiger partial charge in [0.2, 0.25) is 10.0 Å². The van der Waals surface area contributed by atoms with Gasteiger partial charge in [0, 0.05) is 5.54 Å². The van der Waals surface area contributed by atoms with Crippen molar-refractivity contribution in [2.75, 3.05) is 11.5 Å². The van der Waals surface area contributed by atoms with Crippen LogP contribution in [-0.2, 0) is 19.9 Å². The van der Waals surface area contributed by atoms with E-state index in [0.29, 0.717) is 0 Å². The van der Waals surface area contributed by atoms with Crippen molar-refractivity contribution in [1.29, 1.82) is 0 Å². The maximum absolute atomic E-state index is 12.4. The molecule has 0 amide bonds. The number of halogens is 1. The molecule has 1 aromatic rings. The molecular formula is C12H14ClNO6S2. The van der Waals surface area contributed by atoms with E-state index in [1.807, 2.05) is 0 Å². The highest BCUT2D eigenvalue weighted by Crippen LogP contribution is 2.28. The third-order valence-corrected chi connectivity index (χ3v) is 7.37. The lowest BCUT2D eigenvalue weighted by Gasteiger charge is -2.24. The van der Waals surface area contributed by atoms with Gasteiger partial charge in [0.15, 0.2) is 9.84 Å². The first kappa shape index (κ1) is 17.2. The van der Waals surface area contributed by atoms with E-state index in [4.69, 9.17) is 16.7 Å². The monoisotopic (exact) mass is 367 g/mol. The Morgan fingerprint density at radius 2 is 2.05 bits per heavy atom. The van der Waals surface area contributed by atoms with Gasteiger partial charge in [0.05, 0.1) is 22.1 Å². The number of carboxylic acid groups (broad SMARTS) is 1. The van der Waals surface area contributed by atoms with Gasteiger partial charge in [-0.1, -0.05) is 11.6 Å². The zero-order valence-corrected chi connectivity index (χ0v) is 13.9. The predicted octanol–water partition coefficient (Wildman–Crippen LogP) is 0.894. The number of carbonyl (C=O) groups is 1. The largest absolute Gasteiger partial charge is 0.478 e. The van der Waals surface area contributed by atoms with Gasteiger partial charge in [0.25, 0.3) is 0 Å². The summed E-state index contributed by atoms with van der Waals surface area (Å²) in [5.74, 6) is -1.70. The number of hydrogen-bond acceptors (Lipinski definition) is 5. The van der Waals surface area contributed by atoms with Crippen molar-refractivity contribution in [2.45, 2.75) is 23.8 Å². The molecule has 0 saturated carbocycles. The van der Waals surface area contributed by atoms with E-state index in [9.17, 15) is 21.6 Å². The smallest absolute Gasteiger partial charge is 0.335 e. The lowest BCUT2D eigenvalue weighted by atomic mass is 10.0. The second-order valence-corrected chi connectivity index (χ2v) is 9.70. The first-order valence-corrected chi connectivity index (χ1v) is 9.90. The van der Waals surface area contributed by atoms with Gasteiger partial charge >= 0.3 is 5.97 Å². The van der Waals surface area contributed by atoms with Gasteiger partial charge in [-0.3, -0.25) is 0 Å². The van der Waals surface area contributed by atoms with Crippen LogP contribution in [0.2, 0.25) is 5.02 Å². The second kappa shape index (κ2) is 5.48. The van der Waals surface area contributed by atoms with E-state index in [2.05, 4.69) is 4.72 Å². The Kier molecular flexibility index (Phi) is 4.29. The van der Waals surface area contributed by atoms with Crippen molar-refractivity contribution >= 4 is 37.4 Å². The van der Waals surface area contributed by atoms with E-state index in [1.54, 1.807) is 0 Å². The molecule has 0 aliphatic carbocycles. The van der Waals surface area contributed by atoms with E-state index in [-0.39, 0.29) is 33.4 Å². The van der Waals surface area contributed by atoms with E-state index < -0.39 is 31.4 Å². The molecule has 1 heterocycles. The topological polar surface area (TPSA) is 118 Å². The zero-order valence-electron chi connectivity index (χ0n) is 11.5. The van der Waals surface area contributed by atoms with Gasteiger partial charge in [0.1, 0.15) is 4.90 Å². The van der Waals surface area contributed by atoms with Crippen LogP contribution in [0, 0.1) is 0 Å². The average molecular weight is 368 g/mol. The van der Waals surface area contributed by atoms with Crippen LogP contribution in [0.5, 0.6) is 0 Å².